The molecule has 0 radical (unpaired) electrons. The second-order valence-electron chi connectivity index (χ2n) is 4.47. The van der Waals surface area contributed by atoms with Crippen LogP contribution in [0.15, 0.2) is 27.1 Å². The average Bonchev–Trinajstić information content (AvgIpc) is 2.40. The molecule has 19 heavy (non-hydrogen) atoms. The lowest BCUT2D eigenvalue weighted by atomic mass is 10.0. The molecule has 0 bridgehead atoms. The molecular weight excluding hydrogens is 378 g/mol. The Morgan fingerprint density at radius 3 is 2.68 bits per heavy atom. The van der Waals surface area contributed by atoms with Crippen LogP contribution in [0.25, 0.3) is 0 Å². The fraction of sp³-hybridized carbons (Fsp3) is 0.385. The number of nitrogens with zero attached hydrogens (tertiary/aromatic N) is 1. The molecule has 1 heterocycles. The van der Waals surface area contributed by atoms with Gasteiger partial charge < -0.3 is 10.0 Å². The minimum atomic E-state index is -0.931. The molecule has 1 saturated heterocycles. The Kier molecular flexibility index (Phi) is 4.62. The minimum absolute atomic E-state index is 0.236. The van der Waals surface area contributed by atoms with Gasteiger partial charge in [-0.2, -0.15) is 0 Å². The molecule has 6 heteroatoms. The van der Waals surface area contributed by atoms with Crippen LogP contribution in [-0.2, 0) is 4.79 Å². The summed E-state index contributed by atoms with van der Waals surface area (Å²) in [4.78, 5) is 25.2. The monoisotopic (exact) mass is 389 g/mol. The summed E-state index contributed by atoms with van der Waals surface area (Å²) >= 11 is 6.66. The van der Waals surface area contributed by atoms with E-state index in [-0.39, 0.29) is 5.91 Å². The van der Waals surface area contributed by atoms with Gasteiger partial charge in [0.25, 0.3) is 5.91 Å². The number of benzene rings is 1. The molecule has 4 nitrogen and oxygen atoms in total. The summed E-state index contributed by atoms with van der Waals surface area (Å²) in [6.45, 7) is 0.495. The lowest BCUT2D eigenvalue weighted by Crippen LogP contribution is -2.48. The van der Waals surface area contributed by atoms with Crippen LogP contribution in [0.1, 0.15) is 29.6 Å². The summed E-state index contributed by atoms with van der Waals surface area (Å²) in [5, 5.41) is 9.21. The molecule has 0 aromatic heterocycles. The standard InChI is InChI=1S/C13H13Br2NO3/c14-8-4-5-10(15)9(7-8)12(17)16-6-2-1-3-11(16)13(18)19/h4-5,7,11H,1-3,6H2,(H,18,19)/t11-/m0/s1. The van der Waals surface area contributed by atoms with Crippen molar-refractivity contribution in [3.8, 4) is 0 Å². The van der Waals surface area contributed by atoms with Crippen LogP contribution < -0.4 is 0 Å². The van der Waals surface area contributed by atoms with Gasteiger partial charge in [0.2, 0.25) is 0 Å². The van der Waals surface area contributed by atoms with Crippen molar-refractivity contribution in [2.24, 2.45) is 0 Å². The average molecular weight is 391 g/mol. The predicted molar refractivity (Wildman–Crippen MR) is 78.2 cm³/mol. The van der Waals surface area contributed by atoms with Gasteiger partial charge in [0, 0.05) is 15.5 Å². The van der Waals surface area contributed by atoms with Gasteiger partial charge in [-0.3, -0.25) is 4.79 Å². The maximum absolute atomic E-state index is 12.5. The highest BCUT2D eigenvalue weighted by atomic mass is 79.9. The van der Waals surface area contributed by atoms with Crippen molar-refractivity contribution in [1.82, 2.24) is 4.90 Å². The summed E-state index contributed by atoms with van der Waals surface area (Å²) in [7, 11) is 0. The van der Waals surface area contributed by atoms with Gasteiger partial charge in [0.1, 0.15) is 6.04 Å². The number of carboxylic acids is 1. The molecular formula is C13H13Br2NO3. The third-order valence-corrected chi connectivity index (χ3v) is 4.39. The van der Waals surface area contributed by atoms with Gasteiger partial charge in [0.15, 0.2) is 0 Å². The van der Waals surface area contributed by atoms with Gasteiger partial charge in [-0.25, -0.2) is 4.79 Å². The van der Waals surface area contributed by atoms with E-state index in [0.29, 0.717) is 23.0 Å². The van der Waals surface area contributed by atoms with Crippen LogP contribution in [0.2, 0.25) is 0 Å². The van der Waals surface area contributed by atoms with E-state index in [1.54, 1.807) is 12.1 Å². The third-order valence-electron chi connectivity index (χ3n) is 3.21. The quantitative estimate of drug-likeness (QED) is 0.842. The highest BCUT2D eigenvalue weighted by Crippen LogP contribution is 2.26. The molecule has 1 atom stereocenters. The second-order valence-corrected chi connectivity index (χ2v) is 6.24. The highest BCUT2D eigenvalue weighted by molar-refractivity contribution is 9.11. The molecule has 2 rings (SSSR count). The molecule has 1 aromatic rings. The van der Waals surface area contributed by atoms with Gasteiger partial charge in [0.05, 0.1) is 5.56 Å². The number of rotatable bonds is 2. The van der Waals surface area contributed by atoms with Gasteiger partial charge in [-0.1, -0.05) is 15.9 Å². The molecule has 1 amide bonds. The van der Waals surface area contributed by atoms with Crippen molar-refractivity contribution in [3.05, 3.63) is 32.7 Å². The Balaban J connectivity index is 2.31. The Bertz CT molecular complexity index is 519. The summed E-state index contributed by atoms with van der Waals surface area (Å²) in [6.07, 6.45) is 2.22. The molecule has 1 aromatic carbocycles. The van der Waals surface area contributed by atoms with Gasteiger partial charge in [-0.05, 0) is 53.4 Å². The van der Waals surface area contributed by atoms with E-state index in [1.807, 2.05) is 6.07 Å². The Labute approximate surface area is 128 Å². The molecule has 1 aliphatic rings. The molecule has 0 unspecified atom stereocenters. The minimum Gasteiger partial charge on any atom is -0.480 e. The maximum Gasteiger partial charge on any atom is 0.326 e. The van der Waals surface area contributed by atoms with Crippen molar-refractivity contribution in [1.29, 1.82) is 0 Å². The summed E-state index contributed by atoms with van der Waals surface area (Å²) < 4.78 is 1.47. The van der Waals surface area contributed by atoms with Crippen LogP contribution in [0.5, 0.6) is 0 Å². The Hall–Kier alpha value is -0.880. The van der Waals surface area contributed by atoms with Crippen molar-refractivity contribution < 1.29 is 14.7 Å². The number of hydrogen-bond acceptors (Lipinski definition) is 2. The van der Waals surface area contributed by atoms with E-state index in [1.165, 1.54) is 4.90 Å². The SMILES string of the molecule is O=C(O)[C@@H]1CCCCN1C(=O)c1cc(Br)ccc1Br. The van der Waals surface area contributed by atoms with Crippen molar-refractivity contribution in [2.75, 3.05) is 6.54 Å². The van der Waals surface area contributed by atoms with Crippen LogP contribution in [0.4, 0.5) is 0 Å². The number of carbonyl (C=O) groups excluding carboxylic acids is 1. The fourth-order valence-corrected chi connectivity index (χ4v) is 3.02. The first kappa shape index (κ1) is 14.5. The van der Waals surface area contributed by atoms with Crippen molar-refractivity contribution in [2.45, 2.75) is 25.3 Å². The number of likely N-dealkylation sites (tertiary alicyclic amines) is 1. The smallest absolute Gasteiger partial charge is 0.326 e. The van der Waals surface area contributed by atoms with Gasteiger partial charge in [-0.15, -0.1) is 0 Å². The van der Waals surface area contributed by atoms with E-state index in [2.05, 4.69) is 31.9 Å². The first-order valence-electron chi connectivity index (χ1n) is 5.99. The Morgan fingerprint density at radius 2 is 2.00 bits per heavy atom. The topological polar surface area (TPSA) is 57.6 Å². The number of carboxylic acid groups (broad SMARTS) is 1. The third kappa shape index (κ3) is 3.17. The van der Waals surface area contributed by atoms with Gasteiger partial charge >= 0.3 is 5.97 Å². The summed E-state index contributed by atoms with van der Waals surface area (Å²) in [5.41, 5.74) is 0.488. The zero-order chi connectivity index (χ0) is 14.0. The molecule has 0 saturated carbocycles. The normalized spacial score (nSPS) is 19.3. The number of halogens is 2. The summed E-state index contributed by atoms with van der Waals surface area (Å²) in [6, 6.07) is 4.59. The van der Waals surface area contributed by atoms with E-state index >= 15 is 0 Å². The first-order chi connectivity index (χ1) is 9.00. The fourth-order valence-electron chi connectivity index (χ4n) is 2.25. The Morgan fingerprint density at radius 1 is 1.26 bits per heavy atom. The number of piperidine rings is 1. The second kappa shape index (κ2) is 6.05. The van der Waals surface area contributed by atoms with Crippen LogP contribution >= 0.6 is 31.9 Å². The molecule has 1 aliphatic heterocycles. The van der Waals surface area contributed by atoms with E-state index < -0.39 is 12.0 Å². The number of hydrogen-bond donors (Lipinski definition) is 1. The van der Waals surface area contributed by atoms with Crippen molar-refractivity contribution >= 4 is 43.7 Å². The van der Waals surface area contributed by atoms with E-state index in [9.17, 15) is 14.7 Å². The highest BCUT2D eigenvalue weighted by Gasteiger charge is 2.33. The zero-order valence-corrected chi connectivity index (χ0v) is 13.3. The number of carbonyl (C=O) groups is 2. The molecule has 0 spiro atoms. The molecule has 0 aliphatic carbocycles. The van der Waals surface area contributed by atoms with Crippen LogP contribution in [0, 0.1) is 0 Å². The maximum atomic E-state index is 12.5. The zero-order valence-electron chi connectivity index (χ0n) is 10.1. The molecule has 1 fully saturated rings. The first-order valence-corrected chi connectivity index (χ1v) is 7.58. The lowest BCUT2D eigenvalue weighted by Gasteiger charge is -2.33. The largest absolute Gasteiger partial charge is 0.480 e. The summed E-state index contributed by atoms with van der Waals surface area (Å²) in [5.74, 6) is -1.17. The van der Waals surface area contributed by atoms with Crippen molar-refractivity contribution in [3.63, 3.8) is 0 Å². The van der Waals surface area contributed by atoms with Crippen LogP contribution in [0.3, 0.4) is 0 Å². The lowest BCUT2D eigenvalue weighted by molar-refractivity contribution is -0.143. The molecule has 1 N–H and O–H groups in total. The molecule has 102 valence electrons. The van der Waals surface area contributed by atoms with E-state index in [0.717, 1.165) is 17.3 Å². The predicted octanol–water partition coefficient (Wildman–Crippen LogP) is 3.29. The van der Waals surface area contributed by atoms with E-state index in [4.69, 9.17) is 0 Å². The number of amides is 1. The van der Waals surface area contributed by atoms with Crippen LogP contribution in [-0.4, -0.2) is 34.5 Å². The number of aliphatic carboxylic acids is 1.